The molecule has 0 saturated carbocycles. The van der Waals surface area contributed by atoms with Crippen LogP contribution in [0.1, 0.15) is 139 Å². The van der Waals surface area contributed by atoms with Crippen LogP contribution in [0.3, 0.4) is 0 Å². The molecule has 1 heteroatoms. The van der Waals surface area contributed by atoms with E-state index in [1.54, 1.807) is 0 Å². The van der Waals surface area contributed by atoms with Gasteiger partial charge in [-0.1, -0.05) is 121 Å². The van der Waals surface area contributed by atoms with Gasteiger partial charge in [0.15, 0.2) is 0 Å². The average Bonchev–Trinajstić information content (AvgIpc) is 2.55. The maximum Gasteiger partial charge on any atom is -0.00415 e. The molecule has 0 spiro atoms. The van der Waals surface area contributed by atoms with Gasteiger partial charge in [0.2, 0.25) is 0 Å². The molecule has 35 heavy (non-hydrogen) atoms. The van der Waals surface area contributed by atoms with Crippen molar-refractivity contribution in [2.75, 3.05) is 11.5 Å². The van der Waals surface area contributed by atoms with E-state index in [0.717, 1.165) is 11.8 Å². The molecule has 0 N–H and O–H groups in total. The van der Waals surface area contributed by atoms with Crippen LogP contribution in [0.5, 0.6) is 0 Å². The fourth-order valence-corrected chi connectivity index (χ4v) is 8.14. The molecule has 0 aliphatic heterocycles. The van der Waals surface area contributed by atoms with E-state index in [0.29, 0.717) is 16.2 Å². The molecule has 0 aliphatic carbocycles. The van der Waals surface area contributed by atoms with E-state index in [-0.39, 0.29) is 10.8 Å². The summed E-state index contributed by atoms with van der Waals surface area (Å²) in [4.78, 5) is 0. The third-order valence-corrected chi connectivity index (χ3v) is 8.87. The summed E-state index contributed by atoms with van der Waals surface area (Å²) in [6, 6.07) is 7.27. The predicted octanol–water partition coefficient (Wildman–Crippen LogP) is 11.2. The summed E-state index contributed by atoms with van der Waals surface area (Å²) in [5, 5.41) is 0. The number of thioether (sulfide) groups is 1. The van der Waals surface area contributed by atoms with Gasteiger partial charge in [0.1, 0.15) is 0 Å². The van der Waals surface area contributed by atoms with Gasteiger partial charge < -0.3 is 0 Å². The molecular formula is C34H62S. The highest BCUT2D eigenvalue weighted by Crippen LogP contribution is 2.42. The van der Waals surface area contributed by atoms with E-state index >= 15 is 0 Å². The molecule has 2 unspecified atom stereocenters. The summed E-state index contributed by atoms with van der Waals surface area (Å²) < 4.78 is 0. The smallest absolute Gasteiger partial charge is 0.00415 e. The van der Waals surface area contributed by atoms with Crippen molar-refractivity contribution in [1.29, 1.82) is 0 Å². The van der Waals surface area contributed by atoms with Gasteiger partial charge in [0, 0.05) is 0 Å². The Morgan fingerprint density at radius 3 is 1.49 bits per heavy atom. The Balaban J connectivity index is 2.67. The zero-order valence-electron chi connectivity index (χ0n) is 26.5. The summed E-state index contributed by atoms with van der Waals surface area (Å²) in [5.41, 5.74) is 5.90. The Labute approximate surface area is 226 Å². The first-order valence-electron chi connectivity index (χ1n) is 14.2. The maximum absolute atomic E-state index is 2.49. The lowest BCUT2D eigenvalue weighted by atomic mass is 9.68. The molecule has 1 aromatic carbocycles. The van der Waals surface area contributed by atoms with Crippen molar-refractivity contribution in [1.82, 2.24) is 0 Å². The minimum Gasteiger partial charge on any atom is -0.161 e. The third-order valence-electron chi connectivity index (χ3n) is 7.26. The lowest BCUT2D eigenvalue weighted by molar-refractivity contribution is 0.180. The van der Waals surface area contributed by atoms with Gasteiger partial charge in [-0.05, 0) is 94.2 Å². The Morgan fingerprint density at radius 1 is 0.629 bits per heavy atom. The molecule has 1 rings (SSSR count). The summed E-state index contributed by atoms with van der Waals surface area (Å²) in [7, 11) is 0. The maximum atomic E-state index is 2.49. The number of aryl methyl sites for hydroxylation is 1. The lowest BCUT2D eigenvalue weighted by Crippen LogP contribution is -2.29. The third kappa shape index (κ3) is 12.6. The van der Waals surface area contributed by atoms with Gasteiger partial charge in [-0.15, -0.1) is 0 Å². The largest absolute Gasteiger partial charge is 0.161 e. The number of rotatable bonds is 12. The van der Waals surface area contributed by atoms with E-state index in [1.807, 2.05) is 0 Å². The number of benzene rings is 1. The van der Waals surface area contributed by atoms with E-state index in [1.165, 1.54) is 53.9 Å². The summed E-state index contributed by atoms with van der Waals surface area (Å²) in [6.07, 6.45) is 5.15. The second kappa shape index (κ2) is 12.0. The molecule has 0 heterocycles. The molecule has 0 fully saturated rings. The SMILES string of the molecule is Cc1cc(C(C)(C)C)cc(C(C)(C)CC(C)(C)CC(C)CSCC(C)CC(C)(C)CC(C)(C)C)c1. The molecular weight excluding hydrogens is 440 g/mol. The first kappa shape index (κ1) is 32.6. The minimum absolute atomic E-state index is 0.176. The van der Waals surface area contributed by atoms with Crippen molar-refractivity contribution >= 4 is 11.8 Å². The topological polar surface area (TPSA) is 0 Å². The van der Waals surface area contributed by atoms with Crippen LogP contribution >= 0.6 is 11.8 Å². The molecule has 0 aromatic heterocycles. The van der Waals surface area contributed by atoms with E-state index in [4.69, 9.17) is 0 Å². The Hall–Kier alpha value is -0.430. The lowest BCUT2D eigenvalue weighted by Gasteiger charge is -2.38. The molecule has 204 valence electrons. The van der Waals surface area contributed by atoms with Crippen LogP contribution in [0.2, 0.25) is 0 Å². The average molecular weight is 503 g/mol. The molecule has 0 aliphatic rings. The second-order valence-corrected chi connectivity index (χ2v) is 17.7. The predicted molar refractivity (Wildman–Crippen MR) is 164 cm³/mol. The van der Waals surface area contributed by atoms with Crippen LogP contribution in [0.15, 0.2) is 18.2 Å². The van der Waals surface area contributed by atoms with Crippen molar-refractivity contribution in [3.8, 4) is 0 Å². The van der Waals surface area contributed by atoms with Crippen molar-refractivity contribution in [3.05, 3.63) is 34.9 Å². The number of hydrogen-bond acceptors (Lipinski definition) is 1. The molecule has 0 bridgehead atoms. The van der Waals surface area contributed by atoms with Crippen LogP contribution < -0.4 is 0 Å². The summed E-state index contributed by atoms with van der Waals surface area (Å²) >= 11 is 2.19. The van der Waals surface area contributed by atoms with Gasteiger partial charge >= 0.3 is 0 Å². The van der Waals surface area contributed by atoms with Crippen molar-refractivity contribution in [2.24, 2.45) is 28.1 Å². The fourth-order valence-electron chi connectivity index (χ4n) is 6.96. The van der Waals surface area contributed by atoms with Crippen LogP contribution in [0, 0.1) is 35.0 Å². The highest BCUT2D eigenvalue weighted by atomic mass is 32.2. The van der Waals surface area contributed by atoms with Gasteiger partial charge in [0.25, 0.3) is 0 Å². The van der Waals surface area contributed by atoms with Gasteiger partial charge in [-0.3, -0.25) is 0 Å². The zero-order valence-corrected chi connectivity index (χ0v) is 27.4. The molecule has 0 nitrogen and oxygen atoms in total. The summed E-state index contributed by atoms with van der Waals surface area (Å²) in [5.74, 6) is 4.12. The van der Waals surface area contributed by atoms with Gasteiger partial charge in [-0.2, -0.15) is 11.8 Å². The van der Waals surface area contributed by atoms with Crippen LogP contribution in [-0.4, -0.2) is 11.5 Å². The van der Waals surface area contributed by atoms with Crippen LogP contribution in [0.4, 0.5) is 0 Å². The van der Waals surface area contributed by atoms with E-state index < -0.39 is 0 Å². The highest BCUT2D eigenvalue weighted by molar-refractivity contribution is 7.99. The van der Waals surface area contributed by atoms with Gasteiger partial charge in [0.05, 0.1) is 0 Å². The van der Waals surface area contributed by atoms with E-state index in [2.05, 4.69) is 134 Å². The molecule has 0 amide bonds. The molecule has 0 saturated heterocycles. The first-order chi connectivity index (χ1) is 15.5. The standard InChI is InChI=1S/C34H62S/c1-25-16-28(31(7,8)9)18-29(17-25)34(14,15)24-33(12,13)20-27(3)22-35-21-26(2)19-32(10,11)23-30(4,5)6/h16-18,26-27H,19-24H2,1-15H3. The van der Waals surface area contributed by atoms with Crippen LogP contribution in [-0.2, 0) is 10.8 Å². The highest BCUT2D eigenvalue weighted by Gasteiger charge is 2.32. The van der Waals surface area contributed by atoms with Crippen molar-refractivity contribution in [2.45, 2.75) is 140 Å². The first-order valence-corrected chi connectivity index (χ1v) is 15.4. The number of hydrogen-bond donors (Lipinski definition) is 0. The normalized spacial score (nSPS) is 15.9. The van der Waals surface area contributed by atoms with E-state index in [9.17, 15) is 0 Å². The fraction of sp³-hybridized carbons (Fsp3) is 0.824. The molecule has 1 aromatic rings. The summed E-state index contributed by atoms with van der Waals surface area (Å²) in [6.45, 7) is 36.1. The Kier molecular flexibility index (Phi) is 11.1. The second-order valence-electron chi connectivity index (χ2n) is 16.6. The zero-order chi connectivity index (χ0) is 27.5. The van der Waals surface area contributed by atoms with Crippen LogP contribution in [0.25, 0.3) is 0 Å². The quantitative estimate of drug-likeness (QED) is 0.274. The van der Waals surface area contributed by atoms with Crippen molar-refractivity contribution < 1.29 is 0 Å². The Bertz CT molecular complexity index is 782. The monoisotopic (exact) mass is 502 g/mol. The molecule has 0 radical (unpaired) electrons. The van der Waals surface area contributed by atoms with Gasteiger partial charge in [-0.25, -0.2) is 0 Å². The van der Waals surface area contributed by atoms with Crippen molar-refractivity contribution in [3.63, 3.8) is 0 Å². The Morgan fingerprint density at radius 2 is 1.06 bits per heavy atom. The molecule has 2 atom stereocenters. The minimum atomic E-state index is 0.176.